The normalized spacial score (nSPS) is 16.6. The first-order valence-corrected chi connectivity index (χ1v) is 13.8. The maximum Gasteiger partial charge on any atom is 0.246 e. The van der Waals surface area contributed by atoms with E-state index in [4.69, 9.17) is 33.9 Å². The number of carbonyl (C=O) groups is 4. The van der Waals surface area contributed by atoms with Crippen molar-refractivity contribution >= 4 is 58.2 Å². The standard InChI is InChI=1S/C28H28F2N4O6S2/c29-21-5-1-19(2-6-21)11-27(41)39-17-33-23(35)13-31(14-24(33)36)9-10-32-15-25(37)34(26(38)16-32)18-40-28(42)12-20-3-7-22(30)8-4-20/h1-8H,9-18H2. The van der Waals surface area contributed by atoms with Crippen molar-refractivity contribution in [3.63, 3.8) is 0 Å². The average Bonchev–Trinajstić information content (AvgIpc) is 2.93. The number of benzene rings is 2. The Hall–Kier alpha value is -3.72. The number of thiocarbonyl (C=S) groups is 2. The quantitative estimate of drug-likeness (QED) is 0.273. The topological polar surface area (TPSA) is 99.7 Å². The van der Waals surface area contributed by atoms with Crippen molar-refractivity contribution in [3.8, 4) is 0 Å². The second-order valence-corrected chi connectivity index (χ2v) is 10.7. The molecule has 0 bridgehead atoms. The minimum absolute atomic E-state index is 0.0407. The van der Waals surface area contributed by atoms with Gasteiger partial charge in [0.15, 0.2) is 23.6 Å². The van der Waals surface area contributed by atoms with Crippen LogP contribution in [0.2, 0.25) is 0 Å². The number of piperazine rings is 2. The van der Waals surface area contributed by atoms with Crippen LogP contribution in [0.4, 0.5) is 8.78 Å². The summed E-state index contributed by atoms with van der Waals surface area (Å²) < 4.78 is 37.0. The maximum absolute atomic E-state index is 13.1. The van der Waals surface area contributed by atoms with E-state index in [9.17, 15) is 28.0 Å². The molecule has 2 aromatic carbocycles. The molecule has 0 saturated carbocycles. The number of nitrogens with zero attached hydrogens (tertiary/aromatic N) is 4. The van der Waals surface area contributed by atoms with Crippen LogP contribution in [0.3, 0.4) is 0 Å². The Labute approximate surface area is 251 Å². The number of halogens is 2. The highest BCUT2D eigenvalue weighted by atomic mass is 32.1. The SMILES string of the molecule is O=C1CN(CCN2CC(=O)N(COC(=S)Cc3ccc(F)cc3)C(=O)C2)CC(=O)N1COC(=S)Cc1ccc(F)cc1. The van der Waals surface area contributed by atoms with E-state index in [0.29, 0.717) is 0 Å². The molecule has 2 aromatic rings. The fraction of sp³-hybridized carbons (Fsp3) is 0.357. The van der Waals surface area contributed by atoms with Crippen LogP contribution in [0, 0.1) is 11.6 Å². The van der Waals surface area contributed by atoms with Gasteiger partial charge in [0.2, 0.25) is 23.6 Å². The third kappa shape index (κ3) is 8.89. The summed E-state index contributed by atoms with van der Waals surface area (Å²) in [7, 11) is 0. The molecule has 0 aliphatic carbocycles. The predicted molar refractivity (Wildman–Crippen MR) is 154 cm³/mol. The molecule has 10 nitrogen and oxygen atoms in total. The van der Waals surface area contributed by atoms with Gasteiger partial charge < -0.3 is 9.47 Å². The molecule has 0 aromatic heterocycles. The summed E-state index contributed by atoms with van der Waals surface area (Å²) in [4.78, 5) is 55.7. The molecule has 4 rings (SSSR count). The molecule has 2 saturated heterocycles. The molecule has 4 amide bonds. The van der Waals surface area contributed by atoms with Crippen molar-refractivity contribution in [2.45, 2.75) is 12.8 Å². The van der Waals surface area contributed by atoms with Gasteiger partial charge in [-0.05, 0) is 59.8 Å². The Balaban J connectivity index is 1.16. The van der Waals surface area contributed by atoms with Crippen LogP contribution in [-0.2, 0) is 41.5 Å². The largest absolute Gasteiger partial charge is 0.466 e. The van der Waals surface area contributed by atoms with Gasteiger partial charge >= 0.3 is 0 Å². The minimum Gasteiger partial charge on any atom is -0.466 e. The summed E-state index contributed by atoms with van der Waals surface area (Å²) >= 11 is 10.3. The van der Waals surface area contributed by atoms with E-state index in [2.05, 4.69) is 0 Å². The molecule has 2 aliphatic rings. The predicted octanol–water partition coefficient (Wildman–Crippen LogP) is 1.69. The van der Waals surface area contributed by atoms with Gasteiger partial charge in [-0.3, -0.25) is 29.0 Å². The van der Waals surface area contributed by atoms with Crippen molar-refractivity contribution in [1.29, 1.82) is 0 Å². The molecule has 0 radical (unpaired) electrons. The van der Waals surface area contributed by atoms with Crippen LogP contribution < -0.4 is 0 Å². The zero-order valence-corrected chi connectivity index (χ0v) is 24.1. The highest BCUT2D eigenvalue weighted by molar-refractivity contribution is 7.80. The fourth-order valence-electron chi connectivity index (χ4n) is 4.30. The molecule has 0 atom stereocenters. The lowest BCUT2D eigenvalue weighted by atomic mass is 10.2. The van der Waals surface area contributed by atoms with Crippen molar-refractivity contribution in [2.75, 3.05) is 52.7 Å². The Bertz CT molecular complexity index is 1220. The first kappa shape index (κ1) is 31.2. The highest BCUT2D eigenvalue weighted by Gasteiger charge is 2.34. The summed E-state index contributed by atoms with van der Waals surface area (Å²) in [5, 5.41) is 0.330. The van der Waals surface area contributed by atoms with Gasteiger partial charge in [0, 0.05) is 25.9 Å². The Morgan fingerprint density at radius 1 is 0.595 bits per heavy atom. The number of hydrogen-bond donors (Lipinski definition) is 0. The number of ether oxygens (including phenoxy) is 2. The van der Waals surface area contributed by atoms with Gasteiger partial charge in [-0.25, -0.2) is 18.6 Å². The van der Waals surface area contributed by atoms with Crippen LogP contribution in [0.15, 0.2) is 48.5 Å². The minimum atomic E-state index is -0.457. The fourth-order valence-corrected chi connectivity index (χ4v) is 4.74. The van der Waals surface area contributed by atoms with Crippen LogP contribution in [-0.4, -0.2) is 106 Å². The van der Waals surface area contributed by atoms with Gasteiger partial charge in [-0.15, -0.1) is 0 Å². The Morgan fingerprint density at radius 2 is 0.905 bits per heavy atom. The lowest BCUT2D eigenvalue weighted by Gasteiger charge is -2.35. The zero-order valence-electron chi connectivity index (χ0n) is 22.5. The molecule has 14 heteroatoms. The van der Waals surface area contributed by atoms with Crippen LogP contribution in [0.5, 0.6) is 0 Å². The first-order valence-electron chi connectivity index (χ1n) is 13.0. The summed E-state index contributed by atoms with van der Waals surface area (Å²) in [6, 6.07) is 11.5. The number of carbonyl (C=O) groups excluding carboxylic acids is 4. The van der Waals surface area contributed by atoms with E-state index in [1.54, 1.807) is 34.1 Å². The summed E-state index contributed by atoms with van der Waals surface area (Å²) in [6.45, 7) is -0.218. The van der Waals surface area contributed by atoms with Crippen molar-refractivity contribution in [2.24, 2.45) is 0 Å². The first-order chi connectivity index (χ1) is 20.1. The summed E-state index contributed by atoms with van der Waals surface area (Å²) in [5.41, 5.74) is 1.47. The summed E-state index contributed by atoms with van der Waals surface area (Å²) in [5.74, 6) is -2.57. The van der Waals surface area contributed by atoms with Gasteiger partial charge in [-0.2, -0.15) is 0 Å². The second kappa shape index (κ2) is 14.4. The van der Waals surface area contributed by atoms with E-state index >= 15 is 0 Å². The van der Waals surface area contributed by atoms with Gasteiger partial charge in [0.1, 0.15) is 11.6 Å². The monoisotopic (exact) mass is 618 g/mol. The van der Waals surface area contributed by atoms with Crippen molar-refractivity contribution in [3.05, 3.63) is 71.3 Å². The molecular formula is C28H28F2N4O6S2. The number of imide groups is 2. The van der Waals surface area contributed by atoms with Crippen LogP contribution >= 0.6 is 24.4 Å². The zero-order chi connectivity index (χ0) is 30.2. The van der Waals surface area contributed by atoms with Gasteiger partial charge in [-0.1, -0.05) is 24.3 Å². The molecule has 222 valence electrons. The number of rotatable bonds is 11. The lowest BCUT2D eigenvalue weighted by Crippen LogP contribution is -2.58. The number of amides is 4. The van der Waals surface area contributed by atoms with E-state index in [0.717, 1.165) is 20.9 Å². The molecule has 0 N–H and O–H groups in total. The molecule has 2 fully saturated rings. The molecule has 0 unspecified atom stereocenters. The van der Waals surface area contributed by atoms with E-state index in [-0.39, 0.29) is 87.3 Å². The Morgan fingerprint density at radius 3 is 1.21 bits per heavy atom. The van der Waals surface area contributed by atoms with E-state index < -0.39 is 23.6 Å². The van der Waals surface area contributed by atoms with Gasteiger partial charge in [0.05, 0.1) is 26.2 Å². The molecule has 0 spiro atoms. The molecule has 42 heavy (non-hydrogen) atoms. The molecule has 2 aliphatic heterocycles. The van der Waals surface area contributed by atoms with Gasteiger partial charge in [0.25, 0.3) is 0 Å². The third-order valence-electron chi connectivity index (χ3n) is 6.60. The third-order valence-corrected chi connectivity index (χ3v) is 7.13. The lowest BCUT2D eigenvalue weighted by molar-refractivity contribution is -0.158. The average molecular weight is 619 g/mol. The Kier molecular flexibility index (Phi) is 10.7. The van der Waals surface area contributed by atoms with Crippen molar-refractivity contribution < 1.29 is 37.4 Å². The number of hydrogen-bond acceptors (Lipinski definition) is 10. The van der Waals surface area contributed by atoms with E-state index in [1.165, 1.54) is 24.3 Å². The molecular weight excluding hydrogens is 590 g/mol. The second-order valence-electron chi connectivity index (χ2n) is 9.75. The highest BCUT2D eigenvalue weighted by Crippen LogP contribution is 2.11. The maximum atomic E-state index is 13.1. The summed E-state index contributed by atoms with van der Waals surface area (Å²) in [6.07, 6.45) is 0.467. The van der Waals surface area contributed by atoms with Crippen LogP contribution in [0.1, 0.15) is 11.1 Å². The van der Waals surface area contributed by atoms with Crippen LogP contribution in [0.25, 0.3) is 0 Å². The molecule has 2 heterocycles. The van der Waals surface area contributed by atoms with Crippen molar-refractivity contribution in [1.82, 2.24) is 19.6 Å². The smallest absolute Gasteiger partial charge is 0.246 e. The van der Waals surface area contributed by atoms with E-state index in [1.807, 2.05) is 0 Å².